The molecule has 0 amide bonds. The summed E-state index contributed by atoms with van der Waals surface area (Å²) in [4.78, 5) is 26.0. The first-order chi connectivity index (χ1) is 9.01. The van der Waals surface area contributed by atoms with Crippen LogP contribution in [-0.4, -0.2) is 9.13 Å². The van der Waals surface area contributed by atoms with Crippen molar-refractivity contribution in [2.24, 2.45) is 0 Å². The predicted molar refractivity (Wildman–Crippen MR) is 83.4 cm³/mol. The fourth-order valence-corrected chi connectivity index (χ4v) is 4.21. The monoisotopic (exact) mass is 296 g/mol. The summed E-state index contributed by atoms with van der Waals surface area (Å²) < 4.78 is 3.89. The van der Waals surface area contributed by atoms with E-state index in [1.54, 1.807) is 9.13 Å². The van der Waals surface area contributed by atoms with Gasteiger partial charge in [0.1, 0.15) is 10.7 Å². The van der Waals surface area contributed by atoms with Crippen molar-refractivity contribution < 1.29 is 0 Å². The molecule has 0 aromatic carbocycles. The summed E-state index contributed by atoms with van der Waals surface area (Å²) in [5.41, 5.74) is 0.00243. The predicted octanol–water partition coefficient (Wildman–Crippen LogP) is 0.867. The van der Waals surface area contributed by atoms with Crippen LogP contribution in [0, 0.1) is 0 Å². The van der Waals surface area contributed by atoms with Gasteiger partial charge in [-0.25, -0.2) is 0 Å². The third-order valence-corrected chi connectivity index (χ3v) is 5.37. The van der Waals surface area contributed by atoms with Crippen LogP contribution in [0.3, 0.4) is 0 Å². The highest BCUT2D eigenvalue weighted by molar-refractivity contribution is 8.35. The SMILES string of the molecule is C=c1n(CC)c(=O)c(=C2SC=C(C)S2)c(=O)n1CC. The molecule has 1 aliphatic rings. The lowest BCUT2D eigenvalue weighted by Crippen LogP contribution is -2.58. The minimum atomic E-state index is -0.236. The molecule has 0 saturated heterocycles. The van der Waals surface area contributed by atoms with Gasteiger partial charge in [-0.1, -0.05) is 30.1 Å². The Kier molecular flexibility index (Phi) is 4.10. The normalized spacial score (nSPS) is 14.9. The summed E-state index contributed by atoms with van der Waals surface area (Å²) in [5.74, 6) is 0. The van der Waals surface area contributed by atoms with E-state index < -0.39 is 0 Å². The molecular formula is C13H16N2O2S2. The Morgan fingerprint density at radius 1 is 1.16 bits per heavy atom. The number of nitrogens with zero attached hydrogens (tertiary/aromatic N) is 2. The van der Waals surface area contributed by atoms with Crippen LogP contribution < -0.4 is 21.8 Å². The number of thioether (sulfide) groups is 2. The van der Waals surface area contributed by atoms with Crippen LogP contribution in [0.2, 0.25) is 0 Å². The molecule has 2 rings (SSSR count). The third kappa shape index (κ3) is 2.34. The van der Waals surface area contributed by atoms with Gasteiger partial charge < -0.3 is 0 Å². The lowest BCUT2D eigenvalue weighted by molar-refractivity contribution is 0.573. The standard InChI is InChI=1S/C13H16N2O2S2/c1-5-14-9(4)15(6-2)12(17)10(11(14)16)13-18-7-8(3)19-13/h7H,4-6H2,1-3H3. The topological polar surface area (TPSA) is 44.0 Å². The maximum absolute atomic E-state index is 12.4. The molecule has 1 aromatic heterocycles. The average Bonchev–Trinajstić information content (AvgIpc) is 2.77. The van der Waals surface area contributed by atoms with Crippen LogP contribution in [0.15, 0.2) is 19.9 Å². The van der Waals surface area contributed by atoms with Gasteiger partial charge in [-0.3, -0.25) is 18.7 Å². The van der Waals surface area contributed by atoms with E-state index >= 15 is 0 Å². The van der Waals surface area contributed by atoms with Crippen LogP contribution in [0.1, 0.15) is 20.8 Å². The Balaban J connectivity index is 2.95. The largest absolute Gasteiger partial charge is 0.295 e. The molecule has 2 heterocycles. The molecule has 1 aliphatic heterocycles. The van der Waals surface area contributed by atoms with Crippen LogP contribution in [-0.2, 0) is 13.1 Å². The van der Waals surface area contributed by atoms with Crippen molar-refractivity contribution in [3.63, 3.8) is 0 Å². The van der Waals surface area contributed by atoms with Crippen LogP contribution >= 0.6 is 23.5 Å². The summed E-state index contributed by atoms with van der Waals surface area (Å²) in [6.07, 6.45) is 0. The second-order valence-electron chi connectivity index (χ2n) is 4.13. The molecule has 0 aliphatic carbocycles. The van der Waals surface area contributed by atoms with Gasteiger partial charge in [0.05, 0.1) is 4.24 Å². The summed E-state index contributed by atoms with van der Waals surface area (Å²) >= 11 is 2.93. The van der Waals surface area contributed by atoms with Gasteiger partial charge in [0, 0.05) is 13.1 Å². The highest BCUT2D eigenvalue weighted by Crippen LogP contribution is 2.42. The molecule has 4 nitrogen and oxygen atoms in total. The zero-order valence-corrected chi connectivity index (χ0v) is 12.9. The minimum absolute atomic E-state index is 0.236. The van der Waals surface area contributed by atoms with Gasteiger partial charge in [-0.05, 0) is 31.1 Å². The van der Waals surface area contributed by atoms with E-state index in [4.69, 9.17) is 0 Å². The van der Waals surface area contributed by atoms with Crippen molar-refractivity contribution in [3.05, 3.63) is 41.7 Å². The zero-order valence-electron chi connectivity index (χ0n) is 11.2. The molecule has 0 fully saturated rings. The van der Waals surface area contributed by atoms with Crippen molar-refractivity contribution in [2.45, 2.75) is 33.9 Å². The van der Waals surface area contributed by atoms with E-state index in [-0.39, 0.29) is 16.3 Å². The minimum Gasteiger partial charge on any atom is -0.295 e. The molecule has 102 valence electrons. The van der Waals surface area contributed by atoms with Gasteiger partial charge in [-0.15, -0.1) is 0 Å². The Labute approximate surface area is 119 Å². The number of hydrogen-bond acceptors (Lipinski definition) is 4. The maximum Gasteiger partial charge on any atom is 0.266 e. The molecular weight excluding hydrogens is 280 g/mol. The fourth-order valence-electron chi connectivity index (χ4n) is 2.01. The first-order valence-electron chi connectivity index (χ1n) is 6.09. The smallest absolute Gasteiger partial charge is 0.266 e. The first kappa shape index (κ1) is 14.3. The van der Waals surface area contributed by atoms with E-state index in [0.29, 0.717) is 18.6 Å². The van der Waals surface area contributed by atoms with E-state index in [1.807, 2.05) is 26.2 Å². The Bertz CT molecular complexity index is 726. The molecule has 0 saturated carbocycles. The fraction of sp³-hybridized carbons (Fsp3) is 0.385. The van der Waals surface area contributed by atoms with E-state index in [1.165, 1.54) is 23.5 Å². The van der Waals surface area contributed by atoms with Crippen molar-refractivity contribution in [1.82, 2.24) is 9.13 Å². The first-order valence-corrected chi connectivity index (χ1v) is 7.79. The van der Waals surface area contributed by atoms with Crippen molar-refractivity contribution in [3.8, 4) is 0 Å². The molecule has 6 heteroatoms. The van der Waals surface area contributed by atoms with Crippen LogP contribution in [0.4, 0.5) is 0 Å². The molecule has 0 radical (unpaired) electrons. The quantitative estimate of drug-likeness (QED) is 0.812. The lowest BCUT2D eigenvalue weighted by Gasteiger charge is -2.10. The molecule has 0 unspecified atom stereocenters. The van der Waals surface area contributed by atoms with E-state index in [9.17, 15) is 9.59 Å². The molecule has 0 N–H and O–H groups in total. The Morgan fingerprint density at radius 3 is 2.05 bits per heavy atom. The molecule has 0 bridgehead atoms. The van der Waals surface area contributed by atoms with E-state index in [0.717, 1.165) is 9.14 Å². The molecule has 19 heavy (non-hydrogen) atoms. The number of aromatic nitrogens is 2. The van der Waals surface area contributed by atoms with Crippen LogP contribution in [0.25, 0.3) is 10.8 Å². The third-order valence-electron chi connectivity index (χ3n) is 2.96. The summed E-state index contributed by atoms with van der Waals surface area (Å²) in [6.45, 7) is 10.6. The average molecular weight is 296 g/mol. The van der Waals surface area contributed by atoms with E-state index in [2.05, 4.69) is 6.58 Å². The Morgan fingerprint density at radius 2 is 1.68 bits per heavy atom. The van der Waals surface area contributed by atoms with Crippen LogP contribution in [0.5, 0.6) is 0 Å². The molecule has 1 aromatic rings. The lowest BCUT2D eigenvalue weighted by atomic mass is 10.4. The summed E-state index contributed by atoms with van der Waals surface area (Å²) in [6, 6.07) is 0. The second kappa shape index (κ2) is 5.46. The van der Waals surface area contributed by atoms with Crippen molar-refractivity contribution in [1.29, 1.82) is 0 Å². The zero-order chi connectivity index (χ0) is 14.2. The highest BCUT2D eigenvalue weighted by atomic mass is 32.2. The summed E-state index contributed by atoms with van der Waals surface area (Å²) in [7, 11) is 0. The van der Waals surface area contributed by atoms with Gasteiger partial charge in [0.25, 0.3) is 11.1 Å². The van der Waals surface area contributed by atoms with Gasteiger partial charge in [-0.2, -0.15) is 0 Å². The maximum atomic E-state index is 12.4. The number of allylic oxidation sites excluding steroid dienone is 1. The number of rotatable bonds is 2. The molecule has 0 spiro atoms. The summed E-state index contributed by atoms with van der Waals surface area (Å²) in [5, 5.41) is 2.24. The van der Waals surface area contributed by atoms with Gasteiger partial charge in [0.2, 0.25) is 0 Å². The second-order valence-corrected chi connectivity index (χ2v) is 6.52. The number of hydrogen-bond donors (Lipinski definition) is 0. The van der Waals surface area contributed by atoms with Crippen molar-refractivity contribution >= 4 is 34.3 Å². The highest BCUT2D eigenvalue weighted by Gasteiger charge is 2.16. The molecule has 0 atom stereocenters. The van der Waals surface area contributed by atoms with Crippen molar-refractivity contribution in [2.75, 3.05) is 0 Å². The van der Waals surface area contributed by atoms with Gasteiger partial charge in [0.15, 0.2) is 0 Å². The Hall–Kier alpha value is -1.14. The van der Waals surface area contributed by atoms with Gasteiger partial charge >= 0.3 is 0 Å².